The van der Waals surface area contributed by atoms with Gasteiger partial charge in [0.25, 0.3) is 0 Å². The van der Waals surface area contributed by atoms with Gasteiger partial charge >= 0.3 is 0 Å². The topological polar surface area (TPSA) is 34.1 Å². The van der Waals surface area contributed by atoms with Crippen LogP contribution < -0.4 is 5.32 Å². The molecule has 19 heavy (non-hydrogen) atoms. The SMILES string of the molecule is CCCNCc1sc(C2CCOC2)nc1CC(C)C. The van der Waals surface area contributed by atoms with Crippen molar-refractivity contribution in [3.63, 3.8) is 0 Å². The highest BCUT2D eigenvalue weighted by atomic mass is 32.1. The molecular weight excluding hydrogens is 256 g/mol. The highest BCUT2D eigenvalue weighted by Crippen LogP contribution is 2.31. The fourth-order valence-electron chi connectivity index (χ4n) is 2.37. The molecule has 0 aliphatic carbocycles. The van der Waals surface area contributed by atoms with Crippen molar-refractivity contribution in [2.24, 2.45) is 5.92 Å². The van der Waals surface area contributed by atoms with Crippen LogP contribution in [0.2, 0.25) is 0 Å². The van der Waals surface area contributed by atoms with E-state index in [1.54, 1.807) is 0 Å². The van der Waals surface area contributed by atoms with Gasteiger partial charge in [0.05, 0.1) is 17.3 Å². The lowest BCUT2D eigenvalue weighted by Gasteiger charge is -2.05. The van der Waals surface area contributed by atoms with Crippen LogP contribution in [-0.2, 0) is 17.7 Å². The normalized spacial score (nSPS) is 19.5. The summed E-state index contributed by atoms with van der Waals surface area (Å²) in [6.07, 6.45) is 3.41. The van der Waals surface area contributed by atoms with Crippen molar-refractivity contribution in [1.82, 2.24) is 10.3 Å². The molecule has 4 heteroatoms. The van der Waals surface area contributed by atoms with Gasteiger partial charge in [-0.25, -0.2) is 4.98 Å². The lowest BCUT2D eigenvalue weighted by Crippen LogP contribution is -2.14. The Morgan fingerprint density at radius 1 is 1.47 bits per heavy atom. The number of hydrogen-bond donors (Lipinski definition) is 1. The van der Waals surface area contributed by atoms with Crippen LogP contribution in [0.4, 0.5) is 0 Å². The summed E-state index contributed by atoms with van der Waals surface area (Å²) in [6.45, 7) is 10.5. The predicted octanol–water partition coefficient (Wildman–Crippen LogP) is 3.35. The Labute approximate surface area is 120 Å². The van der Waals surface area contributed by atoms with Gasteiger partial charge in [-0.3, -0.25) is 0 Å². The maximum Gasteiger partial charge on any atom is 0.0986 e. The summed E-state index contributed by atoms with van der Waals surface area (Å²) in [7, 11) is 0. The summed E-state index contributed by atoms with van der Waals surface area (Å²) in [6, 6.07) is 0. The zero-order valence-corrected chi connectivity index (χ0v) is 13.2. The first-order chi connectivity index (χ1) is 9.20. The Hall–Kier alpha value is -0.450. The summed E-state index contributed by atoms with van der Waals surface area (Å²) in [5, 5.41) is 4.80. The minimum absolute atomic E-state index is 0.538. The van der Waals surface area contributed by atoms with E-state index >= 15 is 0 Å². The average molecular weight is 282 g/mol. The summed E-state index contributed by atoms with van der Waals surface area (Å²) >= 11 is 1.90. The predicted molar refractivity (Wildman–Crippen MR) is 80.8 cm³/mol. The summed E-state index contributed by atoms with van der Waals surface area (Å²) in [5.41, 5.74) is 1.31. The van der Waals surface area contributed by atoms with Crippen LogP contribution in [0.5, 0.6) is 0 Å². The first kappa shape index (κ1) is 14.9. The second-order valence-corrected chi connectivity index (χ2v) is 6.87. The Bertz CT molecular complexity index is 383. The molecule has 1 saturated heterocycles. The van der Waals surface area contributed by atoms with Crippen LogP contribution in [0.25, 0.3) is 0 Å². The van der Waals surface area contributed by atoms with E-state index in [0.717, 1.165) is 39.1 Å². The molecule has 2 heterocycles. The molecule has 2 rings (SSSR count). The van der Waals surface area contributed by atoms with Crippen molar-refractivity contribution < 1.29 is 4.74 Å². The summed E-state index contributed by atoms with van der Waals surface area (Å²) in [4.78, 5) is 6.34. The lowest BCUT2D eigenvalue weighted by atomic mass is 10.1. The second-order valence-electron chi connectivity index (χ2n) is 5.76. The molecule has 1 fully saturated rings. The Morgan fingerprint density at radius 3 is 2.95 bits per heavy atom. The van der Waals surface area contributed by atoms with Gasteiger partial charge in [-0.2, -0.15) is 0 Å². The third kappa shape index (κ3) is 4.26. The third-order valence-corrected chi connectivity index (χ3v) is 4.65. The number of nitrogens with zero attached hydrogens (tertiary/aromatic N) is 1. The maximum atomic E-state index is 5.49. The van der Waals surface area contributed by atoms with Gasteiger partial charge < -0.3 is 10.1 Å². The quantitative estimate of drug-likeness (QED) is 0.779. The molecule has 1 atom stereocenters. The summed E-state index contributed by atoms with van der Waals surface area (Å²) < 4.78 is 5.49. The molecule has 0 saturated carbocycles. The lowest BCUT2D eigenvalue weighted by molar-refractivity contribution is 0.194. The van der Waals surface area contributed by atoms with Gasteiger partial charge in [0.2, 0.25) is 0 Å². The molecule has 108 valence electrons. The molecule has 1 unspecified atom stereocenters. The standard InChI is InChI=1S/C15H26N2OS/c1-4-6-16-9-14-13(8-11(2)3)17-15(19-14)12-5-7-18-10-12/h11-12,16H,4-10H2,1-3H3. The van der Waals surface area contributed by atoms with Crippen LogP contribution in [0, 0.1) is 5.92 Å². The van der Waals surface area contributed by atoms with Gasteiger partial charge in [-0.05, 0) is 31.7 Å². The van der Waals surface area contributed by atoms with Crippen molar-refractivity contribution in [2.75, 3.05) is 19.8 Å². The van der Waals surface area contributed by atoms with Gasteiger partial charge in [-0.15, -0.1) is 11.3 Å². The fourth-order valence-corrected chi connectivity index (χ4v) is 3.55. The van der Waals surface area contributed by atoms with E-state index in [4.69, 9.17) is 9.72 Å². The molecule has 0 amide bonds. The number of nitrogens with one attached hydrogen (secondary N) is 1. The average Bonchev–Trinajstić information content (AvgIpc) is 2.98. The molecular formula is C15H26N2OS. The van der Waals surface area contributed by atoms with Crippen LogP contribution in [0.15, 0.2) is 0 Å². The van der Waals surface area contributed by atoms with E-state index < -0.39 is 0 Å². The fraction of sp³-hybridized carbons (Fsp3) is 0.800. The molecule has 0 radical (unpaired) electrons. The van der Waals surface area contributed by atoms with E-state index in [0.29, 0.717) is 11.8 Å². The van der Waals surface area contributed by atoms with Gasteiger partial charge in [-0.1, -0.05) is 20.8 Å². The molecule has 1 aromatic heterocycles. The largest absolute Gasteiger partial charge is 0.381 e. The second kappa shape index (κ2) is 7.36. The van der Waals surface area contributed by atoms with E-state index in [1.807, 2.05) is 11.3 Å². The van der Waals surface area contributed by atoms with Crippen LogP contribution >= 0.6 is 11.3 Å². The van der Waals surface area contributed by atoms with Crippen molar-refractivity contribution in [3.05, 3.63) is 15.6 Å². The summed E-state index contributed by atoms with van der Waals surface area (Å²) in [5.74, 6) is 1.20. The van der Waals surface area contributed by atoms with Crippen LogP contribution in [-0.4, -0.2) is 24.7 Å². The van der Waals surface area contributed by atoms with E-state index in [-0.39, 0.29) is 0 Å². The maximum absolute atomic E-state index is 5.49. The zero-order chi connectivity index (χ0) is 13.7. The van der Waals surface area contributed by atoms with Crippen LogP contribution in [0.1, 0.15) is 55.1 Å². The monoisotopic (exact) mass is 282 g/mol. The van der Waals surface area contributed by atoms with Crippen molar-refractivity contribution in [1.29, 1.82) is 0 Å². The van der Waals surface area contributed by atoms with Crippen molar-refractivity contribution >= 4 is 11.3 Å². The van der Waals surface area contributed by atoms with E-state index in [1.165, 1.54) is 22.0 Å². The smallest absolute Gasteiger partial charge is 0.0986 e. The molecule has 0 aromatic carbocycles. The number of hydrogen-bond acceptors (Lipinski definition) is 4. The number of thiazole rings is 1. The minimum Gasteiger partial charge on any atom is -0.381 e. The highest BCUT2D eigenvalue weighted by molar-refractivity contribution is 7.11. The van der Waals surface area contributed by atoms with Crippen molar-refractivity contribution in [3.8, 4) is 0 Å². The molecule has 1 aliphatic heterocycles. The molecule has 1 aromatic rings. The number of aromatic nitrogens is 1. The Kier molecular flexibility index (Phi) is 5.79. The zero-order valence-electron chi connectivity index (χ0n) is 12.4. The first-order valence-corrected chi connectivity index (χ1v) is 8.29. The number of rotatable bonds is 7. The first-order valence-electron chi connectivity index (χ1n) is 7.47. The van der Waals surface area contributed by atoms with E-state index in [9.17, 15) is 0 Å². The van der Waals surface area contributed by atoms with E-state index in [2.05, 4.69) is 26.1 Å². The minimum atomic E-state index is 0.538. The molecule has 0 spiro atoms. The highest BCUT2D eigenvalue weighted by Gasteiger charge is 2.23. The van der Waals surface area contributed by atoms with Gasteiger partial charge in [0.15, 0.2) is 0 Å². The Morgan fingerprint density at radius 2 is 2.32 bits per heavy atom. The van der Waals surface area contributed by atoms with Gasteiger partial charge in [0.1, 0.15) is 0 Å². The third-order valence-electron chi connectivity index (χ3n) is 3.39. The molecule has 0 bridgehead atoms. The molecule has 3 nitrogen and oxygen atoms in total. The molecule has 1 aliphatic rings. The van der Waals surface area contributed by atoms with Crippen molar-refractivity contribution in [2.45, 2.75) is 52.5 Å². The van der Waals surface area contributed by atoms with Crippen LogP contribution in [0.3, 0.4) is 0 Å². The van der Waals surface area contributed by atoms with Gasteiger partial charge in [0, 0.05) is 23.9 Å². The Balaban J connectivity index is 2.08. The number of ether oxygens (including phenoxy) is 1. The molecule has 1 N–H and O–H groups in total.